The van der Waals surface area contributed by atoms with Gasteiger partial charge in [0.25, 0.3) is 5.69 Å². The maximum absolute atomic E-state index is 10.2. The monoisotopic (exact) mass is 278 g/mol. The fraction of sp³-hybridized carbons (Fsp3) is 0. The largest absolute Gasteiger partial charge is 0.271 e. The second-order valence-corrected chi connectivity index (χ2v) is 3.15. The molecular formula is C6H3IN2O3. The molecular weight excluding hydrogens is 275 g/mol. The molecule has 0 atom stereocenters. The van der Waals surface area contributed by atoms with E-state index < -0.39 is 4.92 Å². The lowest BCUT2D eigenvalue weighted by molar-refractivity contribution is -0.384. The molecule has 0 aromatic heterocycles. The van der Waals surface area contributed by atoms with Crippen molar-refractivity contribution in [3.63, 3.8) is 0 Å². The van der Waals surface area contributed by atoms with Crippen molar-refractivity contribution in [3.05, 3.63) is 36.8 Å². The summed E-state index contributed by atoms with van der Waals surface area (Å²) in [6.07, 6.45) is 0. The van der Waals surface area contributed by atoms with Gasteiger partial charge in [-0.2, -0.15) is 0 Å². The summed E-state index contributed by atoms with van der Waals surface area (Å²) < 4.78 is 0.605. The van der Waals surface area contributed by atoms with Crippen LogP contribution in [0.15, 0.2) is 23.4 Å². The lowest BCUT2D eigenvalue weighted by Crippen LogP contribution is -1.87. The van der Waals surface area contributed by atoms with Crippen molar-refractivity contribution in [3.8, 4) is 0 Å². The Morgan fingerprint density at radius 3 is 2.67 bits per heavy atom. The number of nitroso groups, excluding NO2 is 1. The zero-order valence-electron chi connectivity index (χ0n) is 5.73. The van der Waals surface area contributed by atoms with E-state index in [1.807, 2.05) is 22.6 Å². The number of rotatable bonds is 2. The van der Waals surface area contributed by atoms with Crippen LogP contribution in [0.5, 0.6) is 0 Å². The van der Waals surface area contributed by atoms with E-state index in [4.69, 9.17) is 0 Å². The normalized spacial score (nSPS) is 9.42. The minimum absolute atomic E-state index is 0.102. The number of hydrogen-bond donors (Lipinski definition) is 0. The van der Waals surface area contributed by atoms with Crippen molar-refractivity contribution in [1.82, 2.24) is 0 Å². The maximum atomic E-state index is 10.2. The fourth-order valence-corrected chi connectivity index (χ4v) is 1.12. The van der Waals surface area contributed by atoms with Gasteiger partial charge >= 0.3 is 0 Å². The predicted molar refractivity (Wildman–Crippen MR) is 51.3 cm³/mol. The molecule has 1 rings (SSSR count). The van der Waals surface area contributed by atoms with Gasteiger partial charge in [0, 0.05) is 15.7 Å². The first-order chi connectivity index (χ1) is 5.65. The highest BCUT2D eigenvalue weighted by molar-refractivity contribution is 14.1. The molecule has 1 aromatic carbocycles. The molecule has 0 spiro atoms. The summed E-state index contributed by atoms with van der Waals surface area (Å²) >= 11 is 1.88. The van der Waals surface area contributed by atoms with Crippen LogP contribution in [0.1, 0.15) is 0 Å². The minimum atomic E-state index is -0.565. The van der Waals surface area contributed by atoms with Crippen LogP contribution in [0, 0.1) is 18.6 Å². The Balaban J connectivity index is 3.22. The van der Waals surface area contributed by atoms with Gasteiger partial charge in [0.05, 0.1) is 4.92 Å². The minimum Gasteiger partial charge on any atom is -0.258 e. The molecule has 0 unspecified atom stereocenters. The first-order valence-electron chi connectivity index (χ1n) is 2.92. The third-order valence-electron chi connectivity index (χ3n) is 1.24. The van der Waals surface area contributed by atoms with Crippen molar-refractivity contribution in [2.45, 2.75) is 0 Å². The maximum Gasteiger partial charge on any atom is 0.271 e. The van der Waals surface area contributed by atoms with Gasteiger partial charge in [0.2, 0.25) is 0 Å². The zero-order chi connectivity index (χ0) is 9.14. The molecule has 0 saturated heterocycles. The molecule has 0 fully saturated rings. The first-order valence-corrected chi connectivity index (χ1v) is 4.00. The summed E-state index contributed by atoms with van der Waals surface area (Å²) in [7, 11) is 0. The van der Waals surface area contributed by atoms with Crippen LogP contribution in [0.4, 0.5) is 11.4 Å². The van der Waals surface area contributed by atoms with E-state index in [2.05, 4.69) is 5.18 Å². The van der Waals surface area contributed by atoms with Gasteiger partial charge < -0.3 is 0 Å². The molecule has 0 radical (unpaired) electrons. The number of nitrogens with zero attached hydrogens (tertiary/aromatic N) is 2. The van der Waals surface area contributed by atoms with Gasteiger partial charge in [-0.15, -0.1) is 4.91 Å². The van der Waals surface area contributed by atoms with E-state index >= 15 is 0 Å². The Morgan fingerprint density at radius 2 is 2.17 bits per heavy atom. The molecule has 0 aliphatic rings. The number of nitro benzene ring substituents is 1. The number of hydrogen-bond acceptors (Lipinski definition) is 4. The number of nitro groups is 1. The molecule has 0 N–H and O–H groups in total. The van der Waals surface area contributed by atoms with Gasteiger partial charge in [0.1, 0.15) is 5.69 Å². The molecule has 1 aromatic rings. The Hall–Kier alpha value is -1.05. The third kappa shape index (κ3) is 1.76. The molecule has 5 nitrogen and oxygen atoms in total. The lowest BCUT2D eigenvalue weighted by Gasteiger charge is -1.93. The van der Waals surface area contributed by atoms with Gasteiger partial charge in [-0.3, -0.25) is 10.1 Å². The highest BCUT2D eigenvalue weighted by Gasteiger charge is 2.08. The van der Waals surface area contributed by atoms with Crippen LogP contribution in [0.25, 0.3) is 0 Å². The fourth-order valence-electron chi connectivity index (χ4n) is 0.685. The van der Waals surface area contributed by atoms with Crippen LogP contribution < -0.4 is 0 Å². The highest BCUT2D eigenvalue weighted by Crippen LogP contribution is 2.25. The van der Waals surface area contributed by atoms with E-state index in [0.717, 1.165) is 6.07 Å². The highest BCUT2D eigenvalue weighted by atomic mass is 127. The summed E-state index contributed by atoms with van der Waals surface area (Å²) in [6, 6.07) is 3.96. The van der Waals surface area contributed by atoms with E-state index in [0.29, 0.717) is 3.57 Å². The smallest absolute Gasteiger partial charge is 0.258 e. The standard InChI is InChI=1S/C6H3IN2O3/c7-5-2-1-4(9(11)12)3-6(5)8-10/h1-3H. The summed E-state index contributed by atoms with van der Waals surface area (Å²) in [5.74, 6) is 0. The summed E-state index contributed by atoms with van der Waals surface area (Å²) in [4.78, 5) is 19.8. The number of non-ortho nitro benzene ring substituents is 1. The predicted octanol–water partition coefficient (Wildman–Crippen LogP) is 2.60. The van der Waals surface area contributed by atoms with E-state index in [1.54, 1.807) is 0 Å². The first kappa shape index (κ1) is 9.04. The van der Waals surface area contributed by atoms with Crippen molar-refractivity contribution in [2.24, 2.45) is 5.18 Å². The Labute approximate surface area is 81.0 Å². The van der Waals surface area contributed by atoms with E-state index in [1.165, 1.54) is 12.1 Å². The van der Waals surface area contributed by atoms with Gasteiger partial charge in [-0.1, -0.05) is 0 Å². The second kappa shape index (κ2) is 3.57. The van der Waals surface area contributed by atoms with Crippen LogP contribution in [0.3, 0.4) is 0 Å². The molecule has 0 bridgehead atoms. The average molecular weight is 278 g/mol. The lowest BCUT2D eigenvalue weighted by atomic mass is 10.3. The molecule has 0 heterocycles. The molecule has 6 heteroatoms. The Bertz CT molecular complexity index is 340. The Morgan fingerprint density at radius 1 is 1.50 bits per heavy atom. The summed E-state index contributed by atoms with van der Waals surface area (Å²) in [5.41, 5.74) is -0.0187. The molecule has 12 heavy (non-hydrogen) atoms. The van der Waals surface area contributed by atoms with Crippen molar-refractivity contribution >= 4 is 34.0 Å². The van der Waals surface area contributed by atoms with Gasteiger partial charge in [-0.25, -0.2) is 0 Å². The Kier molecular flexibility index (Phi) is 2.69. The quantitative estimate of drug-likeness (QED) is 0.361. The van der Waals surface area contributed by atoms with Crippen molar-refractivity contribution < 1.29 is 4.92 Å². The second-order valence-electron chi connectivity index (χ2n) is 1.98. The molecule has 0 saturated carbocycles. The van der Waals surface area contributed by atoms with Crippen molar-refractivity contribution in [2.75, 3.05) is 0 Å². The SMILES string of the molecule is O=Nc1cc([N+](=O)[O-])ccc1I. The van der Waals surface area contributed by atoms with E-state index in [-0.39, 0.29) is 11.4 Å². The zero-order valence-corrected chi connectivity index (χ0v) is 7.89. The molecule has 62 valence electrons. The van der Waals surface area contributed by atoms with Crippen LogP contribution in [-0.4, -0.2) is 4.92 Å². The summed E-state index contributed by atoms with van der Waals surface area (Å²) in [5, 5.41) is 12.9. The van der Waals surface area contributed by atoms with Gasteiger partial charge in [-0.05, 0) is 33.8 Å². The molecule has 0 amide bonds. The number of halogens is 1. The average Bonchev–Trinajstić information content (AvgIpc) is 2.05. The topological polar surface area (TPSA) is 72.6 Å². The van der Waals surface area contributed by atoms with Crippen LogP contribution >= 0.6 is 22.6 Å². The summed E-state index contributed by atoms with van der Waals surface area (Å²) in [6.45, 7) is 0. The van der Waals surface area contributed by atoms with Crippen LogP contribution in [-0.2, 0) is 0 Å². The number of benzene rings is 1. The third-order valence-corrected chi connectivity index (χ3v) is 2.15. The molecule has 0 aliphatic heterocycles. The van der Waals surface area contributed by atoms with E-state index in [9.17, 15) is 15.0 Å². The van der Waals surface area contributed by atoms with Crippen LogP contribution in [0.2, 0.25) is 0 Å². The van der Waals surface area contributed by atoms with Gasteiger partial charge in [0.15, 0.2) is 0 Å². The van der Waals surface area contributed by atoms with Crippen molar-refractivity contribution in [1.29, 1.82) is 0 Å². The molecule has 0 aliphatic carbocycles.